The number of rotatable bonds is 6. The van der Waals surface area contributed by atoms with Crippen LogP contribution in [0, 0.1) is 19.1 Å². The Morgan fingerprint density at radius 3 is 2.10 bits per heavy atom. The fourth-order valence-electron chi connectivity index (χ4n) is 6.57. The SMILES string of the molecule is CC(c1ccccc1)c1ccnc(-c2[c-]ccc3c2oc2ccc(-c4ccccc4)cc23)c1.Cc1cc(-c2[c-]cccc2)nc[c]1[Ge]([CH3])([CH3])[CH3].[Ir]. The Morgan fingerprint density at radius 1 is 0.647 bits per heavy atom. The van der Waals surface area contributed by atoms with Gasteiger partial charge in [-0.2, -0.15) is 0 Å². The van der Waals surface area contributed by atoms with Crippen LogP contribution >= 0.6 is 0 Å². The van der Waals surface area contributed by atoms with E-state index in [0.717, 1.165) is 44.5 Å². The van der Waals surface area contributed by atoms with E-state index in [4.69, 9.17) is 4.42 Å². The van der Waals surface area contributed by atoms with E-state index >= 15 is 0 Å². The van der Waals surface area contributed by atoms with Crippen LogP contribution < -0.4 is 4.40 Å². The van der Waals surface area contributed by atoms with E-state index in [-0.39, 0.29) is 26.0 Å². The average Bonchev–Trinajstić information content (AvgIpc) is 3.54. The summed E-state index contributed by atoms with van der Waals surface area (Å²) in [4.78, 5) is 9.27. The molecule has 0 bridgehead atoms. The molecule has 51 heavy (non-hydrogen) atoms. The van der Waals surface area contributed by atoms with E-state index in [1.807, 2.05) is 36.5 Å². The van der Waals surface area contributed by atoms with Crippen LogP contribution in [0.5, 0.6) is 0 Å². The minimum atomic E-state index is -1.77. The topological polar surface area (TPSA) is 38.9 Å². The second kappa shape index (κ2) is 15.7. The molecule has 3 nitrogen and oxygen atoms in total. The molecule has 5 aromatic carbocycles. The molecule has 0 saturated heterocycles. The maximum atomic E-state index is 6.34. The maximum Gasteiger partial charge on any atom is 0 e. The third kappa shape index (κ3) is 8.00. The summed E-state index contributed by atoms with van der Waals surface area (Å²) >= 11 is -1.77. The van der Waals surface area contributed by atoms with Crippen molar-refractivity contribution in [2.24, 2.45) is 0 Å². The zero-order valence-corrected chi connectivity index (χ0v) is 34.1. The molecule has 1 unspecified atom stereocenters. The Morgan fingerprint density at radius 2 is 1.39 bits per heavy atom. The fourth-order valence-corrected chi connectivity index (χ4v) is 10.2. The summed E-state index contributed by atoms with van der Waals surface area (Å²) in [6.07, 6.45) is 3.96. The van der Waals surface area contributed by atoms with Crippen LogP contribution in [0.25, 0.3) is 55.6 Å². The number of furan rings is 1. The summed E-state index contributed by atoms with van der Waals surface area (Å²) in [5.74, 6) is 7.48. The predicted molar refractivity (Wildman–Crippen MR) is 211 cm³/mol. The zero-order chi connectivity index (χ0) is 34.7. The Bertz CT molecular complexity index is 2380. The molecule has 5 heteroatoms. The summed E-state index contributed by atoms with van der Waals surface area (Å²) in [6, 6.07) is 52.5. The number of fused-ring (bicyclic) bond motifs is 3. The van der Waals surface area contributed by atoms with Crippen molar-refractivity contribution >= 4 is 39.6 Å². The third-order valence-electron chi connectivity index (χ3n) is 9.28. The molecule has 0 N–H and O–H groups in total. The fraction of sp³-hybridized carbons (Fsp3) is 0.130. The number of hydrogen-bond donors (Lipinski definition) is 0. The van der Waals surface area contributed by atoms with Crippen LogP contribution in [-0.4, -0.2) is 23.2 Å². The van der Waals surface area contributed by atoms with Crippen LogP contribution in [0.4, 0.5) is 0 Å². The van der Waals surface area contributed by atoms with Crippen molar-refractivity contribution in [3.05, 3.63) is 175 Å². The molecular formula is C46H40GeIrN2O-2. The normalized spacial score (nSPS) is 11.8. The number of nitrogens with zero attached hydrogens (tertiary/aromatic N) is 2. The first-order chi connectivity index (χ1) is 24.3. The minimum absolute atomic E-state index is 0. The molecule has 0 spiro atoms. The van der Waals surface area contributed by atoms with Crippen molar-refractivity contribution in [1.29, 1.82) is 0 Å². The molecule has 0 aliphatic rings. The minimum Gasteiger partial charge on any atom is 0 e. The largest absolute Gasteiger partial charge is 0 e. The Balaban J connectivity index is 0.000000211. The van der Waals surface area contributed by atoms with Crippen LogP contribution in [0.3, 0.4) is 0 Å². The van der Waals surface area contributed by atoms with Gasteiger partial charge in [-0.15, -0.1) is 18.2 Å². The molecule has 1 atom stereocenters. The molecule has 0 aliphatic carbocycles. The van der Waals surface area contributed by atoms with Crippen molar-refractivity contribution < 1.29 is 24.5 Å². The quantitative estimate of drug-likeness (QED) is 0.123. The first-order valence-corrected chi connectivity index (χ1v) is 24.5. The number of benzene rings is 5. The molecule has 0 aliphatic heterocycles. The second-order valence-electron chi connectivity index (χ2n) is 13.8. The molecule has 3 heterocycles. The third-order valence-corrected chi connectivity index (χ3v) is 13.8. The predicted octanol–water partition coefficient (Wildman–Crippen LogP) is 11.7. The van der Waals surface area contributed by atoms with E-state index < -0.39 is 13.3 Å². The maximum absolute atomic E-state index is 6.34. The summed E-state index contributed by atoms with van der Waals surface area (Å²) in [6.45, 7) is 4.42. The van der Waals surface area contributed by atoms with Crippen molar-refractivity contribution in [3.63, 3.8) is 0 Å². The van der Waals surface area contributed by atoms with Gasteiger partial charge in [0.05, 0.1) is 5.58 Å². The summed E-state index contributed by atoms with van der Waals surface area (Å²) in [5.41, 5.74) is 11.8. The number of pyridine rings is 2. The van der Waals surface area contributed by atoms with E-state index in [0.29, 0.717) is 0 Å². The van der Waals surface area contributed by atoms with Crippen LogP contribution in [0.1, 0.15) is 29.5 Å². The van der Waals surface area contributed by atoms with Gasteiger partial charge in [-0.25, -0.2) is 0 Å². The van der Waals surface area contributed by atoms with Crippen molar-refractivity contribution in [2.45, 2.75) is 37.0 Å². The van der Waals surface area contributed by atoms with Crippen molar-refractivity contribution in [3.8, 4) is 33.6 Å². The number of aryl methyl sites for hydroxylation is 1. The Hall–Kier alpha value is -4.61. The van der Waals surface area contributed by atoms with Gasteiger partial charge in [-0.05, 0) is 46.1 Å². The van der Waals surface area contributed by atoms with Gasteiger partial charge in [0, 0.05) is 37.6 Å². The van der Waals surface area contributed by atoms with Gasteiger partial charge in [-0.3, -0.25) is 0 Å². The molecule has 8 aromatic rings. The van der Waals surface area contributed by atoms with Gasteiger partial charge in [0.1, 0.15) is 5.58 Å². The van der Waals surface area contributed by atoms with Gasteiger partial charge in [0.2, 0.25) is 0 Å². The summed E-state index contributed by atoms with van der Waals surface area (Å²) in [5, 5.41) is 2.19. The molecule has 0 saturated carbocycles. The van der Waals surface area contributed by atoms with Crippen LogP contribution in [0.15, 0.2) is 150 Å². The van der Waals surface area contributed by atoms with Gasteiger partial charge in [-0.1, -0.05) is 90.7 Å². The summed E-state index contributed by atoms with van der Waals surface area (Å²) < 4.78 is 7.83. The number of hydrogen-bond acceptors (Lipinski definition) is 3. The standard InChI is InChI=1S/C31H22NO.C15H18GeN.Ir/c1-21(22-9-4-2-5-10-22)24-17-18-32-29(20-24)27-14-8-13-26-28-19-25(23-11-6-3-7-12-23)15-16-30(28)33-31(26)27;1-12-10-15(13-8-6-5-7-9-13)17-11-14(12)16(2,3)4;/h2-13,15-21H,1H3;5-8,10-11H,1-4H3;/q2*-1;. The second-order valence-corrected chi connectivity index (χ2v) is 24.4. The molecule has 1 radical (unpaired) electrons. The smallest absolute Gasteiger partial charge is 0 e. The van der Waals surface area contributed by atoms with Crippen molar-refractivity contribution in [1.82, 2.24) is 9.97 Å². The van der Waals surface area contributed by atoms with E-state index in [1.54, 1.807) is 0 Å². The molecule has 8 rings (SSSR count). The first kappa shape index (κ1) is 36.2. The van der Waals surface area contributed by atoms with Gasteiger partial charge >= 0.3 is 106 Å². The van der Waals surface area contributed by atoms with E-state index in [9.17, 15) is 0 Å². The summed E-state index contributed by atoms with van der Waals surface area (Å²) in [7, 11) is 0. The van der Waals surface area contributed by atoms with E-state index in [1.165, 1.54) is 32.2 Å². The number of aromatic nitrogens is 2. The Labute approximate surface area is 317 Å². The van der Waals surface area contributed by atoms with Crippen LogP contribution in [0.2, 0.25) is 17.3 Å². The van der Waals surface area contributed by atoms with Gasteiger partial charge in [0.25, 0.3) is 0 Å². The van der Waals surface area contributed by atoms with Crippen molar-refractivity contribution in [2.75, 3.05) is 0 Å². The molecule has 0 amide bonds. The molecule has 255 valence electrons. The Kier molecular flexibility index (Phi) is 11.2. The van der Waals surface area contributed by atoms with Crippen LogP contribution in [-0.2, 0) is 20.1 Å². The van der Waals surface area contributed by atoms with Gasteiger partial charge < -0.3 is 9.40 Å². The van der Waals surface area contributed by atoms with Gasteiger partial charge in [0.15, 0.2) is 0 Å². The molecule has 0 fully saturated rings. The van der Waals surface area contributed by atoms with E-state index in [2.05, 4.69) is 163 Å². The zero-order valence-electron chi connectivity index (χ0n) is 29.6. The average molecular weight is 902 g/mol. The first-order valence-electron chi connectivity index (χ1n) is 17.1. The molecular weight excluding hydrogens is 861 g/mol. The monoisotopic (exact) mass is 903 g/mol. The molecule has 3 aromatic heterocycles.